The second kappa shape index (κ2) is 10.2. The van der Waals surface area contributed by atoms with Crippen LogP contribution in [0.15, 0.2) is 10.4 Å². The standard InChI is InChI=1S/C15H23F3N4O2S/c1-4-19-14(21-8-6-13(23)24-10(2)3)20-7-5-12-22-11(9-25-12)15(16,17)18/h9-10H,4-8H2,1-3H3,(H2,19,20,21). The van der Waals surface area contributed by atoms with Gasteiger partial charge in [-0.3, -0.25) is 9.79 Å². The minimum Gasteiger partial charge on any atom is -0.463 e. The summed E-state index contributed by atoms with van der Waals surface area (Å²) >= 11 is 0.966. The Balaban J connectivity index is 2.44. The summed E-state index contributed by atoms with van der Waals surface area (Å²) in [5.41, 5.74) is -0.870. The van der Waals surface area contributed by atoms with E-state index in [1.807, 2.05) is 6.92 Å². The highest BCUT2D eigenvalue weighted by Gasteiger charge is 2.33. The number of carbonyl (C=O) groups is 1. The fourth-order valence-electron chi connectivity index (χ4n) is 1.77. The Kier molecular flexibility index (Phi) is 8.67. The van der Waals surface area contributed by atoms with E-state index in [0.29, 0.717) is 30.5 Å². The van der Waals surface area contributed by atoms with Crippen molar-refractivity contribution in [1.29, 1.82) is 0 Å². The second-order valence-corrected chi connectivity index (χ2v) is 6.29. The summed E-state index contributed by atoms with van der Waals surface area (Å²) in [5.74, 6) is 0.188. The maximum absolute atomic E-state index is 12.5. The van der Waals surface area contributed by atoms with Gasteiger partial charge < -0.3 is 15.4 Å². The molecular formula is C15H23F3N4O2S. The van der Waals surface area contributed by atoms with Crippen LogP contribution in [0.25, 0.3) is 0 Å². The average Bonchev–Trinajstić information content (AvgIpc) is 2.95. The molecule has 0 radical (unpaired) electrons. The van der Waals surface area contributed by atoms with Crippen LogP contribution in [-0.2, 0) is 22.1 Å². The first-order valence-corrected chi connectivity index (χ1v) is 8.83. The summed E-state index contributed by atoms with van der Waals surface area (Å²) in [6, 6.07) is 0. The zero-order valence-corrected chi connectivity index (χ0v) is 15.3. The van der Waals surface area contributed by atoms with Gasteiger partial charge in [0.05, 0.1) is 17.5 Å². The van der Waals surface area contributed by atoms with E-state index < -0.39 is 11.9 Å². The Morgan fingerprint density at radius 1 is 1.40 bits per heavy atom. The van der Waals surface area contributed by atoms with Crippen LogP contribution in [0.4, 0.5) is 13.2 Å². The third kappa shape index (κ3) is 8.71. The molecule has 0 bridgehead atoms. The first kappa shape index (κ1) is 21.2. The highest BCUT2D eigenvalue weighted by molar-refractivity contribution is 7.09. The van der Waals surface area contributed by atoms with Crippen molar-refractivity contribution < 1.29 is 22.7 Å². The van der Waals surface area contributed by atoms with E-state index in [0.717, 1.165) is 16.7 Å². The Bertz CT molecular complexity index is 573. The van der Waals surface area contributed by atoms with E-state index in [1.54, 1.807) is 13.8 Å². The van der Waals surface area contributed by atoms with Gasteiger partial charge in [0.25, 0.3) is 0 Å². The minimum atomic E-state index is -4.42. The number of thiazole rings is 1. The lowest BCUT2D eigenvalue weighted by molar-refractivity contribution is -0.147. The normalized spacial score (nSPS) is 12.4. The number of nitrogens with one attached hydrogen (secondary N) is 2. The molecule has 1 heterocycles. The predicted molar refractivity (Wildman–Crippen MR) is 90.6 cm³/mol. The zero-order valence-electron chi connectivity index (χ0n) is 14.4. The number of ether oxygens (including phenoxy) is 1. The highest BCUT2D eigenvalue weighted by Crippen LogP contribution is 2.30. The Morgan fingerprint density at radius 3 is 2.68 bits per heavy atom. The van der Waals surface area contributed by atoms with Gasteiger partial charge in [-0.25, -0.2) is 4.98 Å². The lowest BCUT2D eigenvalue weighted by atomic mass is 10.4. The van der Waals surface area contributed by atoms with Gasteiger partial charge in [-0.1, -0.05) is 0 Å². The van der Waals surface area contributed by atoms with Crippen molar-refractivity contribution in [2.75, 3.05) is 19.6 Å². The lowest BCUT2D eigenvalue weighted by Gasteiger charge is -2.12. The van der Waals surface area contributed by atoms with Crippen molar-refractivity contribution in [3.05, 3.63) is 16.1 Å². The number of halogens is 3. The zero-order chi connectivity index (χ0) is 18.9. The maximum atomic E-state index is 12.5. The predicted octanol–water partition coefficient (Wildman–Crippen LogP) is 2.60. The van der Waals surface area contributed by atoms with Crippen LogP contribution in [0.5, 0.6) is 0 Å². The summed E-state index contributed by atoms with van der Waals surface area (Å²) in [6.45, 7) is 6.71. The number of aliphatic imine (C=N–C) groups is 1. The number of esters is 1. The van der Waals surface area contributed by atoms with Gasteiger partial charge in [0, 0.05) is 31.4 Å². The van der Waals surface area contributed by atoms with Gasteiger partial charge in [-0.05, 0) is 20.8 Å². The molecule has 0 aliphatic carbocycles. The molecule has 0 amide bonds. The first-order chi connectivity index (χ1) is 11.7. The molecule has 1 aromatic heterocycles. The number of carbonyl (C=O) groups excluding carboxylic acids is 1. The molecule has 25 heavy (non-hydrogen) atoms. The number of hydrogen-bond acceptors (Lipinski definition) is 5. The highest BCUT2D eigenvalue weighted by atomic mass is 32.1. The van der Waals surface area contributed by atoms with Crippen LogP contribution in [0.2, 0.25) is 0 Å². The summed E-state index contributed by atoms with van der Waals surface area (Å²) in [5, 5.41) is 7.37. The van der Waals surface area contributed by atoms with Crippen LogP contribution < -0.4 is 10.6 Å². The van der Waals surface area contributed by atoms with Gasteiger partial charge in [0.1, 0.15) is 0 Å². The third-order valence-corrected chi connectivity index (χ3v) is 3.68. The van der Waals surface area contributed by atoms with Gasteiger partial charge in [-0.2, -0.15) is 13.2 Å². The monoisotopic (exact) mass is 380 g/mol. The Labute approximate surface area is 148 Å². The molecule has 0 aliphatic rings. The Hall–Kier alpha value is -1.84. The summed E-state index contributed by atoms with van der Waals surface area (Å²) in [6.07, 6.45) is -4.06. The van der Waals surface area contributed by atoms with E-state index in [-0.39, 0.29) is 25.0 Å². The first-order valence-electron chi connectivity index (χ1n) is 7.95. The van der Waals surface area contributed by atoms with Crippen molar-refractivity contribution in [1.82, 2.24) is 15.6 Å². The molecule has 0 fully saturated rings. The quantitative estimate of drug-likeness (QED) is 0.412. The molecule has 0 unspecified atom stereocenters. The summed E-state index contributed by atoms with van der Waals surface area (Å²) in [7, 11) is 0. The molecule has 10 heteroatoms. The fourth-order valence-corrected chi connectivity index (χ4v) is 2.56. The van der Waals surface area contributed by atoms with Crippen LogP contribution in [0, 0.1) is 0 Å². The van der Waals surface area contributed by atoms with Crippen molar-refractivity contribution in [3.63, 3.8) is 0 Å². The molecule has 6 nitrogen and oxygen atoms in total. The number of guanidine groups is 1. The minimum absolute atomic E-state index is 0.158. The molecule has 0 aromatic carbocycles. The van der Waals surface area contributed by atoms with Crippen molar-refractivity contribution in [3.8, 4) is 0 Å². The van der Waals surface area contributed by atoms with Crippen LogP contribution in [0.1, 0.15) is 37.9 Å². The molecule has 0 spiro atoms. The van der Waals surface area contributed by atoms with Gasteiger partial charge in [0.15, 0.2) is 11.7 Å². The third-order valence-electron chi connectivity index (χ3n) is 2.77. The molecule has 1 rings (SSSR count). The van der Waals surface area contributed by atoms with Crippen molar-refractivity contribution in [2.45, 2.75) is 45.9 Å². The lowest BCUT2D eigenvalue weighted by Crippen LogP contribution is -2.38. The molecule has 0 aliphatic heterocycles. The van der Waals surface area contributed by atoms with Crippen LogP contribution in [-0.4, -0.2) is 42.7 Å². The second-order valence-electron chi connectivity index (χ2n) is 5.35. The molecular weight excluding hydrogens is 357 g/mol. The molecule has 0 saturated carbocycles. The number of aromatic nitrogens is 1. The summed E-state index contributed by atoms with van der Waals surface area (Å²) < 4.78 is 42.5. The smallest absolute Gasteiger partial charge is 0.434 e. The van der Waals surface area contributed by atoms with Crippen molar-refractivity contribution >= 4 is 23.3 Å². The van der Waals surface area contributed by atoms with Crippen LogP contribution in [0.3, 0.4) is 0 Å². The van der Waals surface area contributed by atoms with Gasteiger partial charge >= 0.3 is 12.1 Å². The molecule has 0 atom stereocenters. The van der Waals surface area contributed by atoms with Crippen LogP contribution >= 0.6 is 11.3 Å². The number of nitrogens with zero attached hydrogens (tertiary/aromatic N) is 2. The largest absolute Gasteiger partial charge is 0.463 e. The summed E-state index contributed by atoms with van der Waals surface area (Å²) in [4.78, 5) is 19.3. The van der Waals surface area contributed by atoms with E-state index in [2.05, 4.69) is 20.6 Å². The Morgan fingerprint density at radius 2 is 2.12 bits per heavy atom. The van der Waals surface area contributed by atoms with E-state index >= 15 is 0 Å². The average molecular weight is 380 g/mol. The van der Waals surface area contributed by atoms with E-state index in [4.69, 9.17) is 4.74 Å². The fraction of sp³-hybridized carbons (Fsp3) is 0.667. The topological polar surface area (TPSA) is 75.6 Å². The number of hydrogen-bond donors (Lipinski definition) is 2. The molecule has 142 valence electrons. The SMILES string of the molecule is CCNC(=NCCc1nc(C(F)(F)F)cs1)NCCC(=O)OC(C)C. The maximum Gasteiger partial charge on any atom is 0.434 e. The molecule has 0 saturated heterocycles. The van der Waals surface area contributed by atoms with Gasteiger partial charge in [-0.15, -0.1) is 11.3 Å². The molecule has 1 aromatic rings. The van der Waals surface area contributed by atoms with Gasteiger partial charge in [0.2, 0.25) is 0 Å². The number of alkyl halides is 3. The molecule has 2 N–H and O–H groups in total. The van der Waals surface area contributed by atoms with E-state index in [1.165, 1.54) is 0 Å². The van der Waals surface area contributed by atoms with E-state index in [9.17, 15) is 18.0 Å². The van der Waals surface area contributed by atoms with Crippen molar-refractivity contribution in [2.24, 2.45) is 4.99 Å². The number of rotatable bonds is 8.